The van der Waals surface area contributed by atoms with Crippen LogP contribution in [0.15, 0.2) is 200 Å². The molecule has 0 spiro atoms. The molecule has 21 rings (SSSR count). The van der Waals surface area contributed by atoms with Crippen molar-refractivity contribution >= 4 is 92.6 Å². The highest BCUT2D eigenvalue weighted by Crippen LogP contribution is 2.58. The van der Waals surface area contributed by atoms with Crippen LogP contribution in [0.3, 0.4) is 0 Å². The fraction of sp³-hybridized carbons (Fsp3) is 0.111. The fourth-order valence-electron chi connectivity index (χ4n) is 16.7. The van der Waals surface area contributed by atoms with Gasteiger partial charge < -0.3 is 0 Å². The van der Waals surface area contributed by atoms with Crippen LogP contribution < -0.4 is 0 Å². The number of fused-ring (bicyclic) bond motifs is 17. The van der Waals surface area contributed by atoms with Crippen LogP contribution in [0.2, 0.25) is 0 Å². The van der Waals surface area contributed by atoms with Gasteiger partial charge in [0.2, 0.25) is 0 Å². The average molecular weight is 1030 g/mol. The second kappa shape index (κ2) is 15.8. The lowest BCUT2D eigenvalue weighted by atomic mass is 9.80. The highest BCUT2D eigenvalue weighted by atomic mass is 14.4. The normalized spacial score (nSPS) is 16.3. The quantitative estimate of drug-likeness (QED) is 0.114. The van der Waals surface area contributed by atoms with Gasteiger partial charge in [-0.05, 0) is 268 Å². The summed E-state index contributed by atoms with van der Waals surface area (Å²) in [6.07, 6.45) is 24.5. The monoisotopic (exact) mass is 1020 g/mol. The Morgan fingerprint density at radius 1 is 0.395 bits per heavy atom. The topological polar surface area (TPSA) is 0 Å². The summed E-state index contributed by atoms with van der Waals surface area (Å²) in [4.78, 5) is 0. The molecule has 8 aliphatic carbocycles. The third kappa shape index (κ3) is 5.71. The number of benzene rings is 12. The molecule has 0 heterocycles. The Morgan fingerprint density at radius 3 is 1.67 bits per heavy atom. The predicted molar refractivity (Wildman–Crippen MR) is 345 cm³/mol. The van der Waals surface area contributed by atoms with Crippen LogP contribution in [0.4, 0.5) is 0 Å². The third-order valence-corrected chi connectivity index (χ3v) is 20.2. The molecule has 0 saturated heterocycles. The summed E-state index contributed by atoms with van der Waals surface area (Å²) in [7, 11) is 0. The summed E-state index contributed by atoms with van der Waals surface area (Å²) in [6, 6.07) is 68.1. The van der Waals surface area contributed by atoms with E-state index < -0.39 is 0 Å². The van der Waals surface area contributed by atoms with Gasteiger partial charge in [0.05, 0.1) is 0 Å². The van der Waals surface area contributed by atoms with Crippen LogP contribution in [0, 0.1) is 18.1 Å². The SMILES string of the molecule is C.C1=Cc2cc3c(cc2CC1)-c1ccc2c4ccc5c6c(ccc(c7ccc-3c1c72)c64)-c1cc2ccccc2cc1-5.c1cc2c3c(ccc(-c4ccc5c6c(cccc46)C4=C5C=C5C=CC=CC5C4)c3c#1)-c1cc3c(cc1-2)CCCC3. The minimum absolute atomic E-state index is 0. The molecule has 0 aromatic heterocycles. The summed E-state index contributed by atoms with van der Waals surface area (Å²) in [5.41, 5.74) is 32.3. The number of rotatable bonds is 1. The summed E-state index contributed by atoms with van der Waals surface area (Å²) < 4.78 is 0. The van der Waals surface area contributed by atoms with Gasteiger partial charge in [0.15, 0.2) is 0 Å². The van der Waals surface area contributed by atoms with Gasteiger partial charge in [0.1, 0.15) is 0 Å². The number of hydrogen-bond donors (Lipinski definition) is 0. The molecule has 13 aromatic rings. The van der Waals surface area contributed by atoms with Crippen molar-refractivity contribution in [3.05, 3.63) is 245 Å². The van der Waals surface area contributed by atoms with E-state index in [1.54, 1.807) is 11.1 Å². The molecule has 0 nitrogen and oxygen atoms in total. The lowest BCUT2D eigenvalue weighted by Gasteiger charge is -2.23. The van der Waals surface area contributed by atoms with E-state index in [4.69, 9.17) is 0 Å². The van der Waals surface area contributed by atoms with E-state index >= 15 is 0 Å². The van der Waals surface area contributed by atoms with Crippen LogP contribution in [-0.4, -0.2) is 0 Å². The summed E-state index contributed by atoms with van der Waals surface area (Å²) in [6.45, 7) is 0. The molecule has 0 radical (unpaired) electrons. The molecule has 376 valence electrons. The van der Waals surface area contributed by atoms with Gasteiger partial charge in [-0.25, -0.2) is 0 Å². The van der Waals surface area contributed by atoms with E-state index in [0.717, 1.165) is 19.3 Å². The highest BCUT2D eigenvalue weighted by molar-refractivity contribution is 6.40. The van der Waals surface area contributed by atoms with Crippen molar-refractivity contribution in [2.24, 2.45) is 5.92 Å². The Kier molecular flexibility index (Phi) is 8.67. The first-order valence-corrected chi connectivity index (χ1v) is 29.2. The van der Waals surface area contributed by atoms with Gasteiger partial charge in [-0.2, -0.15) is 0 Å². The number of aryl methyl sites for hydroxylation is 3. The first-order chi connectivity index (χ1) is 39.7. The second-order valence-electron chi connectivity index (χ2n) is 24.0. The average Bonchev–Trinajstić information content (AvgIpc) is 2.87. The zero-order chi connectivity index (χ0) is 51.6. The second-order valence-corrected chi connectivity index (χ2v) is 24.0. The van der Waals surface area contributed by atoms with Gasteiger partial charge in [-0.15, -0.1) is 0 Å². The van der Waals surface area contributed by atoms with Gasteiger partial charge in [-0.3, -0.25) is 0 Å². The Morgan fingerprint density at radius 2 is 0.975 bits per heavy atom. The molecule has 1 unspecified atom stereocenters. The molecule has 0 amide bonds. The smallest absolute Gasteiger partial charge is 0.0412 e. The van der Waals surface area contributed by atoms with Crippen LogP contribution in [0.1, 0.15) is 66.5 Å². The van der Waals surface area contributed by atoms with Crippen molar-refractivity contribution in [2.75, 3.05) is 0 Å². The molecule has 0 aliphatic heterocycles. The standard InChI is InChI=1S/C40H22.C40H26.CH4/c1-2-6-22-18-34-30-14-10-26-28-12-16-32-36-20-24-8-4-3-7-23(24)19-35(36)31-15-11-27(38(28)40(31)32)25-9-13-29(39(30)37(25)26)33(34)17-21(22)5-1;1-3-9-25-21-37-33-17-15-27(29-11-5-13-31(39(29)33)35(37)19-23(25)7-1)28-16-18-34-38-22-26-10-4-2-8-24(26)20-36(38)32-14-6-12-30(28)40(32)34;/h1-3,5-7,9-20H,4,8H2;1,3,5,7,9,11,13-18,20-23H,2,4,8,10,19H2;1H4. The van der Waals surface area contributed by atoms with Gasteiger partial charge >= 0.3 is 0 Å². The summed E-state index contributed by atoms with van der Waals surface area (Å²) >= 11 is 0. The first-order valence-electron chi connectivity index (χ1n) is 29.2. The zero-order valence-electron chi connectivity index (χ0n) is 44.1. The van der Waals surface area contributed by atoms with Crippen LogP contribution in [-0.2, 0) is 19.3 Å². The molecule has 81 heavy (non-hydrogen) atoms. The van der Waals surface area contributed by atoms with Crippen molar-refractivity contribution in [1.82, 2.24) is 0 Å². The molecule has 0 bridgehead atoms. The van der Waals surface area contributed by atoms with E-state index in [1.807, 2.05) is 0 Å². The van der Waals surface area contributed by atoms with Gasteiger partial charge in [0, 0.05) is 16.7 Å². The molecule has 1 atom stereocenters. The maximum Gasteiger partial charge on any atom is 0.0412 e. The highest BCUT2D eigenvalue weighted by Gasteiger charge is 2.33. The van der Waals surface area contributed by atoms with E-state index in [1.165, 1.54) is 218 Å². The van der Waals surface area contributed by atoms with Gasteiger partial charge in [-0.1, -0.05) is 189 Å². The molecular formula is C81H52. The maximum atomic E-state index is 3.58. The molecule has 0 saturated carbocycles. The Hall–Kier alpha value is -9.54. The Labute approximate surface area is 471 Å². The molecule has 13 aromatic carbocycles. The minimum atomic E-state index is 0. The van der Waals surface area contributed by atoms with Crippen LogP contribution in [0.25, 0.3) is 171 Å². The lowest BCUT2D eigenvalue weighted by molar-refractivity contribution is 0.686. The fourth-order valence-corrected chi connectivity index (χ4v) is 16.7. The van der Waals surface area contributed by atoms with Gasteiger partial charge in [0.25, 0.3) is 0 Å². The van der Waals surface area contributed by atoms with Crippen molar-refractivity contribution in [1.29, 1.82) is 0 Å². The van der Waals surface area contributed by atoms with Crippen molar-refractivity contribution in [2.45, 2.75) is 52.4 Å². The summed E-state index contributed by atoms with van der Waals surface area (Å²) in [5, 5.41) is 19.1. The number of hydrogen-bond acceptors (Lipinski definition) is 0. The minimum Gasteiger partial charge on any atom is -0.0836 e. The molecule has 8 aliphatic rings. The molecule has 0 N–H and O–H groups in total. The molecule has 0 heteroatoms. The van der Waals surface area contributed by atoms with E-state index in [0.29, 0.717) is 5.92 Å². The largest absolute Gasteiger partial charge is 0.0836 e. The van der Waals surface area contributed by atoms with Crippen LogP contribution in [0.5, 0.6) is 0 Å². The Balaban J connectivity index is 0.000000120. The molecule has 0 fully saturated rings. The predicted octanol–water partition coefficient (Wildman–Crippen LogP) is 21.9. The van der Waals surface area contributed by atoms with Crippen molar-refractivity contribution in [3.63, 3.8) is 0 Å². The number of allylic oxidation sites excluding steroid dienone is 9. The maximum absolute atomic E-state index is 3.58. The van der Waals surface area contributed by atoms with Crippen LogP contribution >= 0.6 is 0 Å². The Bertz CT molecular complexity index is 5170. The van der Waals surface area contributed by atoms with E-state index in [2.05, 4.69) is 212 Å². The van der Waals surface area contributed by atoms with Crippen molar-refractivity contribution in [3.8, 4) is 77.9 Å². The molecular weight excluding hydrogens is 973 g/mol. The van der Waals surface area contributed by atoms with E-state index in [9.17, 15) is 0 Å². The van der Waals surface area contributed by atoms with E-state index in [-0.39, 0.29) is 7.43 Å². The summed E-state index contributed by atoms with van der Waals surface area (Å²) in [5.74, 6) is 0.488. The lowest BCUT2D eigenvalue weighted by Crippen LogP contribution is -2.07. The third-order valence-electron chi connectivity index (χ3n) is 20.2. The van der Waals surface area contributed by atoms with Crippen molar-refractivity contribution < 1.29 is 0 Å². The zero-order valence-corrected chi connectivity index (χ0v) is 44.1. The first kappa shape index (κ1) is 44.3.